The van der Waals surface area contributed by atoms with Crippen LogP contribution in [0, 0.1) is 0 Å². The van der Waals surface area contributed by atoms with Crippen LogP contribution in [0.25, 0.3) is 10.8 Å². The Morgan fingerprint density at radius 3 is 2.55 bits per heavy atom. The van der Waals surface area contributed by atoms with Crippen molar-refractivity contribution < 1.29 is 9.59 Å². The number of hydrogen-bond donors (Lipinski definition) is 4. The van der Waals surface area contributed by atoms with E-state index in [0.29, 0.717) is 16.8 Å². The molecule has 29 heavy (non-hydrogen) atoms. The summed E-state index contributed by atoms with van der Waals surface area (Å²) in [6.45, 7) is 1.63. The van der Waals surface area contributed by atoms with Crippen molar-refractivity contribution in [1.82, 2.24) is 5.32 Å². The molecule has 0 bridgehead atoms. The van der Waals surface area contributed by atoms with Crippen LogP contribution in [0.1, 0.15) is 20.7 Å². The third-order valence-electron chi connectivity index (χ3n) is 4.76. The molecule has 7 heteroatoms. The maximum absolute atomic E-state index is 12.7. The molecule has 0 saturated heterocycles. The molecule has 0 fully saturated rings. The second kappa shape index (κ2) is 8.02. The van der Waals surface area contributed by atoms with Crippen LogP contribution in [0.4, 0.5) is 11.4 Å². The molecular weight excluding hydrogens is 366 g/mol. The Morgan fingerprint density at radius 2 is 1.83 bits per heavy atom. The number of nitrogens with two attached hydrogens (primary N) is 1. The number of aliphatic imine (C=N–C) groups is 1. The Hall–Kier alpha value is -3.87. The molecule has 4 rings (SSSR count). The molecule has 1 amide bonds. The van der Waals surface area contributed by atoms with Gasteiger partial charge in [0.15, 0.2) is 11.7 Å². The van der Waals surface area contributed by atoms with Crippen molar-refractivity contribution in [3.05, 3.63) is 71.8 Å². The summed E-state index contributed by atoms with van der Waals surface area (Å²) in [5, 5.41) is 11.2. The minimum Gasteiger partial charge on any atom is -0.376 e. The van der Waals surface area contributed by atoms with Crippen LogP contribution in [-0.2, 0) is 0 Å². The van der Waals surface area contributed by atoms with E-state index in [1.807, 2.05) is 42.5 Å². The first-order chi connectivity index (χ1) is 14.1. The summed E-state index contributed by atoms with van der Waals surface area (Å²) in [5.74, 6) is 0.112. The number of hydrogen-bond acceptors (Lipinski definition) is 6. The number of carbonyl (C=O) groups is 2. The highest BCUT2D eigenvalue weighted by molar-refractivity contribution is 6.09. The fraction of sp³-hybridized carbons (Fsp3) is 0.136. The van der Waals surface area contributed by atoms with E-state index in [2.05, 4.69) is 20.9 Å². The molecule has 1 aliphatic heterocycles. The number of fused-ring (bicyclic) bond motifs is 1. The van der Waals surface area contributed by atoms with Crippen molar-refractivity contribution in [3.8, 4) is 0 Å². The van der Waals surface area contributed by atoms with E-state index >= 15 is 0 Å². The zero-order chi connectivity index (χ0) is 20.2. The van der Waals surface area contributed by atoms with Gasteiger partial charge in [-0.3, -0.25) is 14.6 Å². The smallest absolute Gasteiger partial charge is 0.250 e. The summed E-state index contributed by atoms with van der Waals surface area (Å²) in [7, 11) is 0. The summed E-state index contributed by atoms with van der Waals surface area (Å²) in [6, 6.07) is 18.4. The largest absolute Gasteiger partial charge is 0.376 e. The van der Waals surface area contributed by atoms with Gasteiger partial charge in [0, 0.05) is 23.2 Å². The normalized spacial score (nSPS) is 12.9. The molecule has 0 aliphatic carbocycles. The van der Waals surface area contributed by atoms with Crippen LogP contribution in [0.15, 0.2) is 65.7 Å². The molecule has 3 aromatic rings. The van der Waals surface area contributed by atoms with E-state index < -0.39 is 5.91 Å². The fourth-order valence-electron chi connectivity index (χ4n) is 3.30. The molecular formula is C22H21N5O2. The van der Waals surface area contributed by atoms with Gasteiger partial charge in [-0.25, -0.2) is 0 Å². The number of ketones is 1. The lowest BCUT2D eigenvalue weighted by molar-refractivity contribution is 0.0991. The first-order valence-electron chi connectivity index (χ1n) is 9.36. The van der Waals surface area contributed by atoms with E-state index in [9.17, 15) is 9.59 Å². The number of anilines is 2. The first kappa shape index (κ1) is 18.5. The summed E-state index contributed by atoms with van der Waals surface area (Å²) >= 11 is 0. The minimum absolute atomic E-state index is 0.0509. The third kappa shape index (κ3) is 4.03. The zero-order valence-electron chi connectivity index (χ0n) is 15.7. The van der Waals surface area contributed by atoms with E-state index in [0.717, 1.165) is 35.5 Å². The second-order valence-electron chi connectivity index (χ2n) is 6.71. The van der Waals surface area contributed by atoms with Gasteiger partial charge in [-0.1, -0.05) is 30.3 Å². The number of amides is 1. The van der Waals surface area contributed by atoms with Crippen molar-refractivity contribution in [2.24, 2.45) is 10.7 Å². The molecule has 1 heterocycles. The van der Waals surface area contributed by atoms with Crippen molar-refractivity contribution in [1.29, 1.82) is 0 Å². The predicted octanol–water partition coefficient (Wildman–Crippen LogP) is 2.60. The van der Waals surface area contributed by atoms with Crippen LogP contribution in [0.2, 0.25) is 0 Å². The highest BCUT2D eigenvalue weighted by Crippen LogP contribution is 2.27. The monoisotopic (exact) mass is 387 g/mol. The molecule has 3 aromatic carbocycles. The van der Waals surface area contributed by atoms with E-state index in [1.165, 1.54) is 0 Å². The highest BCUT2D eigenvalue weighted by Gasteiger charge is 2.14. The molecule has 146 valence electrons. The Kier molecular flexibility index (Phi) is 5.11. The van der Waals surface area contributed by atoms with Crippen molar-refractivity contribution in [2.45, 2.75) is 0 Å². The molecule has 0 spiro atoms. The van der Waals surface area contributed by atoms with Gasteiger partial charge in [0.25, 0.3) is 5.91 Å². The zero-order valence-corrected chi connectivity index (χ0v) is 15.7. The number of nitrogens with one attached hydrogen (secondary N) is 3. The quantitative estimate of drug-likeness (QED) is 0.486. The average molecular weight is 387 g/mol. The lowest BCUT2D eigenvalue weighted by Gasteiger charge is -2.13. The number of benzene rings is 3. The van der Waals surface area contributed by atoms with Gasteiger partial charge >= 0.3 is 0 Å². The highest BCUT2D eigenvalue weighted by atomic mass is 16.1. The SMILES string of the molecule is NC(=O)c1ccc2ccccc2c1NCC(=O)c1ccc(NC2=NCCN2)cc1. The maximum Gasteiger partial charge on any atom is 0.250 e. The van der Waals surface area contributed by atoms with Crippen LogP contribution in [0.3, 0.4) is 0 Å². The van der Waals surface area contributed by atoms with E-state index in [1.54, 1.807) is 18.2 Å². The lowest BCUT2D eigenvalue weighted by Crippen LogP contribution is -2.26. The van der Waals surface area contributed by atoms with Gasteiger partial charge < -0.3 is 21.7 Å². The number of Topliss-reactive ketones (excluding diaryl/α,β-unsaturated/α-hetero) is 1. The van der Waals surface area contributed by atoms with Gasteiger partial charge in [0.2, 0.25) is 0 Å². The first-order valence-corrected chi connectivity index (χ1v) is 9.36. The number of primary amides is 1. The molecule has 1 aliphatic rings. The summed E-state index contributed by atoms with van der Waals surface area (Å²) < 4.78 is 0. The number of carbonyl (C=O) groups excluding carboxylic acids is 2. The summed E-state index contributed by atoms with van der Waals surface area (Å²) in [5.41, 5.74) is 7.89. The van der Waals surface area contributed by atoms with Gasteiger partial charge in [-0.15, -0.1) is 0 Å². The lowest BCUT2D eigenvalue weighted by atomic mass is 10.0. The number of nitrogens with zero attached hydrogens (tertiary/aromatic N) is 1. The van der Waals surface area contributed by atoms with Crippen molar-refractivity contribution in [2.75, 3.05) is 30.3 Å². The van der Waals surface area contributed by atoms with Crippen molar-refractivity contribution >= 4 is 39.8 Å². The molecule has 0 saturated carbocycles. The fourth-order valence-corrected chi connectivity index (χ4v) is 3.30. The molecule has 0 atom stereocenters. The standard InChI is InChI=1S/C22H21N5O2/c23-21(29)18-10-7-14-3-1-2-4-17(14)20(18)26-13-19(28)15-5-8-16(9-6-15)27-22-24-11-12-25-22/h1-10,26H,11-13H2,(H2,23,29)(H2,24,25,27). The predicted molar refractivity (Wildman–Crippen MR) is 116 cm³/mol. The number of guanidine groups is 1. The topological polar surface area (TPSA) is 109 Å². The molecule has 0 radical (unpaired) electrons. The third-order valence-corrected chi connectivity index (χ3v) is 4.76. The Morgan fingerprint density at radius 1 is 1.03 bits per heavy atom. The minimum atomic E-state index is -0.537. The van der Waals surface area contributed by atoms with Crippen molar-refractivity contribution in [3.63, 3.8) is 0 Å². The van der Waals surface area contributed by atoms with Gasteiger partial charge in [0.05, 0.1) is 24.3 Å². The van der Waals surface area contributed by atoms with E-state index in [-0.39, 0.29) is 12.3 Å². The van der Waals surface area contributed by atoms with Crippen LogP contribution in [-0.4, -0.2) is 37.3 Å². The van der Waals surface area contributed by atoms with Gasteiger partial charge in [-0.2, -0.15) is 0 Å². The molecule has 5 N–H and O–H groups in total. The maximum atomic E-state index is 12.7. The van der Waals surface area contributed by atoms with Crippen LogP contribution >= 0.6 is 0 Å². The van der Waals surface area contributed by atoms with Gasteiger partial charge in [-0.05, 0) is 35.7 Å². The Labute approximate surface area is 168 Å². The Bertz CT molecular complexity index is 1110. The van der Waals surface area contributed by atoms with Crippen LogP contribution < -0.4 is 21.7 Å². The molecule has 7 nitrogen and oxygen atoms in total. The summed E-state index contributed by atoms with van der Waals surface area (Å²) in [6.07, 6.45) is 0. The van der Waals surface area contributed by atoms with Gasteiger partial charge in [0.1, 0.15) is 0 Å². The average Bonchev–Trinajstić information content (AvgIpc) is 3.25. The van der Waals surface area contributed by atoms with E-state index in [4.69, 9.17) is 5.73 Å². The molecule has 0 unspecified atom stereocenters. The Balaban J connectivity index is 1.49. The summed E-state index contributed by atoms with van der Waals surface area (Å²) in [4.78, 5) is 28.8. The van der Waals surface area contributed by atoms with Crippen LogP contribution in [0.5, 0.6) is 0 Å². The number of rotatable bonds is 6. The second-order valence-corrected chi connectivity index (χ2v) is 6.71. The molecule has 0 aromatic heterocycles.